The third kappa shape index (κ3) is 3.31. The van der Waals surface area contributed by atoms with Gasteiger partial charge in [0.25, 0.3) is 0 Å². The van der Waals surface area contributed by atoms with Crippen LogP contribution in [0.4, 0.5) is 0 Å². The molecule has 0 radical (unpaired) electrons. The van der Waals surface area contributed by atoms with Gasteiger partial charge in [0.15, 0.2) is 0 Å². The molecule has 1 saturated carbocycles. The molecule has 3 rings (SSSR count). The summed E-state index contributed by atoms with van der Waals surface area (Å²) in [7, 11) is -2.73. The topological polar surface area (TPSA) is 58.2 Å². The molecule has 3 aliphatic rings. The molecule has 3 unspecified atom stereocenters. The minimum Gasteiger partial charge on any atom is -0.314 e. The summed E-state index contributed by atoms with van der Waals surface area (Å²) in [4.78, 5) is 0. The Labute approximate surface area is 116 Å². The Morgan fingerprint density at radius 3 is 2.42 bits per heavy atom. The SMILES string of the molecule is O=S1(=O)CCC(NC2CCCC2C2CCCN2)CC1. The smallest absolute Gasteiger partial charge is 0.150 e. The van der Waals surface area contributed by atoms with Crippen LogP contribution in [0.3, 0.4) is 0 Å². The average molecular weight is 286 g/mol. The molecule has 0 bridgehead atoms. The van der Waals surface area contributed by atoms with Gasteiger partial charge < -0.3 is 10.6 Å². The van der Waals surface area contributed by atoms with Crippen LogP contribution in [0.1, 0.15) is 44.9 Å². The molecule has 0 aromatic rings. The van der Waals surface area contributed by atoms with Crippen molar-refractivity contribution in [1.82, 2.24) is 10.6 Å². The highest BCUT2D eigenvalue weighted by molar-refractivity contribution is 7.91. The van der Waals surface area contributed by atoms with E-state index in [-0.39, 0.29) is 0 Å². The fraction of sp³-hybridized carbons (Fsp3) is 1.00. The van der Waals surface area contributed by atoms with Gasteiger partial charge in [-0.3, -0.25) is 0 Å². The van der Waals surface area contributed by atoms with Gasteiger partial charge >= 0.3 is 0 Å². The molecule has 2 aliphatic heterocycles. The fourth-order valence-corrected chi connectivity index (χ4v) is 5.61. The van der Waals surface area contributed by atoms with Crippen LogP contribution in [0.2, 0.25) is 0 Å². The first-order valence-electron chi connectivity index (χ1n) is 7.84. The van der Waals surface area contributed by atoms with Crippen LogP contribution in [0.25, 0.3) is 0 Å². The molecule has 19 heavy (non-hydrogen) atoms. The molecule has 2 N–H and O–H groups in total. The minimum atomic E-state index is -2.73. The molecular formula is C14H26N2O2S. The fourth-order valence-electron chi connectivity index (χ4n) is 4.11. The zero-order valence-electron chi connectivity index (χ0n) is 11.6. The largest absolute Gasteiger partial charge is 0.314 e. The van der Waals surface area contributed by atoms with E-state index in [9.17, 15) is 8.42 Å². The summed E-state index contributed by atoms with van der Waals surface area (Å²) in [5, 5.41) is 7.42. The maximum absolute atomic E-state index is 11.5. The first-order chi connectivity index (χ1) is 9.14. The lowest BCUT2D eigenvalue weighted by atomic mass is 9.92. The van der Waals surface area contributed by atoms with Crippen molar-refractivity contribution in [2.45, 2.75) is 63.1 Å². The Morgan fingerprint density at radius 2 is 1.74 bits per heavy atom. The third-order valence-corrected chi connectivity index (χ3v) is 6.90. The lowest BCUT2D eigenvalue weighted by Gasteiger charge is -2.32. The molecule has 0 aromatic heterocycles. The molecule has 2 heterocycles. The monoisotopic (exact) mass is 286 g/mol. The molecule has 110 valence electrons. The molecule has 0 spiro atoms. The highest BCUT2D eigenvalue weighted by atomic mass is 32.2. The highest BCUT2D eigenvalue weighted by Gasteiger charge is 2.36. The first-order valence-corrected chi connectivity index (χ1v) is 9.66. The summed E-state index contributed by atoms with van der Waals surface area (Å²) in [6, 6.07) is 1.74. The number of hydrogen-bond acceptors (Lipinski definition) is 4. The summed E-state index contributed by atoms with van der Waals surface area (Å²) < 4.78 is 22.9. The normalized spacial score (nSPS) is 39.7. The standard InChI is InChI=1S/C14H26N2O2S/c17-19(18)9-6-11(7-10-19)16-14-4-1-3-12(14)13-5-2-8-15-13/h11-16H,1-10H2. The van der Waals surface area contributed by atoms with Crippen molar-refractivity contribution in [3.8, 4) is 0 Å². The molecule has 3 atom stereocenters. The van der Waals surface area contributed by atoms with Crippen LogP contribution in [0.15, 0.2) is 0 Å². The molecule has 5 heteroatoms. The summed E-state index contributed by atoms with van der Waals surface area (Å²) in [5.74, 6) is 1.52. The van der Waals surface area contributed by atoms with Gasteiger partial charge in [-0.15, -0.1) is 0 Å². The second-order valence-electron chi connectivity index (χ2n) is 6.50. The van der Waals surface area contributed by atoms with Gasteiger partial charge in [0, 0.05) is 18.1 Å². The van der Waals surface area contributed by atoms with E-state index in [2.05, 4.69) is 10.6 Å². The maximum Gasteiger partial charge on any atom is 0.150 e. The maximum atomic E-state index is 11.5. The predicted molar refractivity (Wildman–Crippen MR) is 77.0 cm³/mol. The van der Waals surface area contributed by atoms with Crippen LogP contribution in [0.5, 0.6) is 0 Å². The molecule has 4 nitrogen and oxygen atoms in total. The van der Waals surface area contributed by atoms with Crippen LogP contribution >= 0.6 is 0 Å². The summed E-state index contributed by atoms with van der Waals surface area (Å²) in [6.45, 7) is 1.18. The lowest BCUT2D eigenvalue weighted by molar-refractivity contribution is 0.289. The van der Waals surface area contributed by atoms with Gasteiger partial charge in [0.05, 0.1) is 11.5 Å². The minimum absolute atomic E-state index is 0.379. The zero-order valence-corrected chi connectivity index (χ0v) is 12.4. The van der Waals surface area contributed by atoms with E-state index in [4.69, 9.17) is 0 Å². The van der Waals surface area contributed by atoms with E-state index in [0.29, 0.717) is 29.6 Å². The van der Waals surface area contributed by atoms with Crippen LogP contribution in [-0.2, 0) is 9.84 Å². The van der Waals surface area contributed by atoms with Crippen LogP contribution < -0.4 is 10.6 Å². The Kier molecular flexibility index (Phi) is 4.15. The van der Waals surface area contributed by atoms with E-state index in [1.54, 1.807) is 0 Å². The van der Waals surface area contributed by atoms with Gasteiger partial charge in [-0.25, -0.2) is 8.42 Å². The van der Waals surface area contributed by atoms with Gasteiger partial charge in [-0.2, -0.15) is 0 Å². The third-order valence-electron chi connectivity index (χ3n) is 5.19. The predicted octanol–water partition coefficient (Wildman–Crippen LogP) is 1.07. The van der Waals surface area contributed by atoms with E-state index >= 15 is 0 Å². The van der Waals surface area contributed by atoms with Gasteiger partial charge in [-0.1, -0.05) is 6.42 Å². The summed E-state index contributed by atoms with van der Waals surface area (Å²) >= 11 is 0. The first kappa shape index (κ1) is 13.8. The Morgan fingerprint density at radius 1 is 0.947 bits per heavy atom. The highest BCUT2D eigenvalue weighted by Crippen LogP contribution is 2.32. The quantitative estimate of drug-likeness (QED) is 0.815. The Balaban J connectivity index is 1.54. The van der Waals surface area contributed by atoms with E-state index < -0.39 is 9.84 Å². The average Bonchev–Trinajstić information content (AvgIpc) is 3.02. The lowest BCUT2D eigenvalue weighted by Crippen LogP contribution is -2.48. The van der Waals surface area contributed by atoms with Gasteiger partial charge in [0.2, 0.25) is 0 Å². The van der Waals surface area contributed by atoms with Crippen molar-refractivity contribution >= 4 is 9.84 Å². The molecule has 0 aromatic carbocycles. The zero-order chi connectivity index (χ0) is 13.3. The van der Waals surface area contributed by atoms with Crippen LogP contribution in [-0.4, -0.2) is 44.6 Å². The van der Waals surface area contributed by atoms with E-state index in [1.165, 1.54) is 38.6 Å². The van der Waals surface area contributed by atoms with Crippen molar-refractivity contribution in [1.29, 1.82) is 0 Å². The second kappa shape index (κ2) is 5.70. The van der Waals surface area contributed by atoms with Gasteiger partial charge in [-0.05, 0) is 51.0 Å². The molecular weight excluding hydrogens is 260 g/mol. The molecule has 2 saturated heterocycles. The molecule has 1 aliphatic carbocycles. The van der Waals surface area contributed by atoms with Gasteiger partial charge in [0.1, 0.15) is 9.84 Å². The van der Waals surface area contributed by atoms with Crippen molar-refractivity contribution in [2.24, 2.45) is 5.92 Å². The second-order valence-corrected chi connectivity index (χ2v) is 8.80. The van der Waals surface area contributed by atoms with E-state index in [0.717, 1.165) is 18.8 Å². The number of sulfone groups is 1. The molecule has 3 fully saturated rings. The Bertz CT molecular complexity index is 390. The number of rotatable bonds is 3. The van der Waals surface area contributed by atoms with Crippen molar-refractivity contribution in [3.05, 3.63) is 0 Å². The summed E-state index contributed by atoms with van der Waals surface area (Å²) in [5.41, 5.74) is 0. The van der Waals surface area contributed by atoms with Crippen molar-refractivity contribution in [2.75, 3.05) is 18.1 Å². The number of nitrogens with one attached hydrogen (secondary N) is 2. The number of hydrogen-bond donors (Lipinski definition) is 2. The Hall–Kier alpha value is -0.130. The molecule has 0 amide bonds. The summed E-state index contributed by atoms with van der Waals surface area (Å²) in [6.07, 6.45) is 8.18. The van der Waals surface area contributed by atoms with Crippen molar-refractivity contribution in [3.63, 3.8) is 0 Å². The van der Waals surface area contributed by atoms with Crippen LogP contribution in [0, 0.1) is 5.92 Å². The van der Waals surface area contributed by atoms with Crippen molar-refractivity contribution < 1.29 is 8.42 Å². The van der Waals surface area contributed by atoms with E-state index in [1.807, 2.05) is 0 Å².